The molecule has 0 bridgehead atoms. The lowest BCUT2D eigenvalue weighted by atomic mass is 10.0. The second-order valence-corrected chi connectivity index (χ2v) is 8.72. The molecule has 0 unspecified atom stereocenters. The van der Waals surface area contributed by atoms with Crippen molar-refractivity contribution in [2.75, 3.05) is 19.1 Å². The third-order valence-corrected chi connectivity index (χ3v) is 5.66. The standard InChI is InChI=1S/C10H17N3O4S2/c1-18(14,15)9-7-11-12-10(9)8-5-3-4-6-13(8)19(2,16)17/h7-8H,3-6H2,1-2H3,(H,11,12)/t8-/m0/s1. The Hall–Kier alpha value is -0.930. The molecule has 2 heterocycles. The predicted molar refractivity (Wildman–Crippen MR) is 69.8 cm³/mol. The quantitative estimate of drug-likeness (QED) is 0.865. The van der Waals surface area contributed by atoms with E-state index in [1.165, 1.54) is 10.5 Å². The molecule has 1 atom stereocenters. The summed E-state index contributed by atoms with van der Waals surface area (Å²) in [6.45, 7) is 0.408. The summed E-state index contributed by atoms with van der Waals surface area (Å²) in [5.41, 5.74) is 0.368. The van der Waals surface area contributed by atoms with Gasteiger partial charge in [-0.15, -0.1) is 0 Å². The number of sulfone groups is 1. The number of aromatic amines is 1. The first-order valence-electron chi connectivity index (χ1n) is 5.91. The second-order valence-electron chi connectivity index (χ2n) is 4.81. The summed E-state index contributed by atoms with van der Waals surface area (Å²) in [5, 5.41) is 6.40. The van der Waals surface area contributed by atoms with Crippen molar-refractivity contribution >= 4 is 19.9 Å². The maximum atomic E-state index is 11.8. The minimum atomic E-state index is -3.42. The number of rotatable bonds is 3. The Kier molecular flexibility index (Phi) is 3.72. The second kappa shape index (κ2) is 4.88. The van der Waals surface area contributed by atoms with E-state index in [-0.39, 0.29) is 4.90 Å². The molecule has 0 aromatic carbocycles. The monoisotopic (exact) mass is 307 g/mol. The SMILES string of the molecule is CS(=O)(=O)c1cn[nH]c1[C@@H]1CCCCN1S(C)(=O)=O. The third-order valence-electron chi connectivity index (χ3n) is 3.24. The van der Waals surface area contributed by atoms with E-state index in [1.807, 2.05) is 0 Å². The molecule has 1 saturated heterocycles. The van der Waals surface area contributed by atoms with Gasteiger partial charge in [0.2, 0.25) is 10.0 Å². The first kappa shape index (κ1) is 14.5. The van der Waals surface area contributed by atoms with Crippen molar-refractivity contribution in [3.63, 3.8) is 0 Å². The Morgan fingerprint density at radius 2 is 1.95 bits per heavy atom. The van der Waals surface area contributed by atoms with E-state index in [0.29, 0.717) is 18.7 Å². The predicted octanol–water partition coefficient (Wildman–Crippen LogP) is 0.300. The van der Waals surface area contributed by atoms with Gasteiger partial charge in [0, 0.05) is 12.8 Å². The molecule has 0 spiro atoms. The molecule has 1 aromatic rings. The fraction of sp³-hybridized carbons (Fsp3) is 0.700. The molecule has 1 fully saturated rings. The molecule has 1 aliphatic rings. The van der Waals surface area contributed by atoms with Crippen molar-refractivity contribution in [1.29, 1.82) is 0 Å². The van der Waals surface area contributed by atoms with Gasteiger partial charge in [-0.25, -0.2) is 16.8 Å². The number of sulfonamides is 1. The average molecular weight is 307 g/mol. The molecule has 2 rings (SSSR count). The van der Waals surface area contributed by atoms with Crippen LogP contribution in [0.4, 0.5) is 0 Å². The van der Waals surface area contributed by atoms with Gasteiger partial charge in [-0.1, -0.05) is 6.42 Å². The molecule has 7 nitrogen and oxygen atoms in total. The number of piperidine rings is 1. The van der Waals surface area contributed by atoms with Crippen molar-refractivity contribution in [3.05, 3.63) is 11.9 Å². The molecular weight excluding hydrogens is 290 g/mol. The number of hydrogen-bond acceptors (Lipinski definition) is 5. The van der Waals surface area contributed by atoms with Crippen LogP contribution in [0, 0.1) is 0 Å². The maximum Gasteiger partial charge on any atom is 0.211 e. The van der Waals surface area contributed by atoms with Gasteiger partial charge in [-0.2, -0.15) is 9.40 Å². The van der Waals surface area contributed by atoms with Crippen molar-refractivity contribution < 1.29 is 16.8 Å². The Balaban J connectivity index is 2.48. The third kappa shape index (κ3) is 2.98. The van der Waals surface area contributed by atoms with Gasteiger partial charge >= 0.3 is 0 Å². The summed E-state index contributed by atoms with van der Waals surface area (Å²) in [7, 11) is -6.80. The van der Waals surface area contributed by atoms with Gasteiger partial charge in [0.05, 0.1) is 24.2 Å². The zero-order valence-corrected chi connectivity index (χ0v) is 12.5. The molecule has 0 saturated carbocycles. The van der Waals surface area contributed by atoms with Gasteiger partial charge in [-0.3, -0.25) is 5.10 Å². The highest BCUT2D eigenvalue weighted by atomic mass is 32.2. The van der Waals surface area contributed by atoms with Crippen LogP contribution in [0.1, 0.15) is 31.0 Å². The van der Waals surface area contributed by atoms with Crippen molar-refractivity contribution in [2.24, 2.45) is 0 Å². The lowest BCUT2D eigenvalue weighted by molar-refractivity contribution is 0.250. The molecule has 0 amide bonds. The average Bonchev–Trinajstić information content (AvgIpc) is 2.76. The van der Waals surface area contributed by atoms with Crippen LogP contribution in [0.2, 0.25) is 0 Å². The van der Waals surface area contributed by atoms with Crippen LogP contribution in [0.3, 0.4) is 0 Å². The minimum absolute atomic E-state index is 0.0769. The van der Waals surface area contributed by atoms with E-state index in [2.05, 4.69) is 10.2 Å². The molecule has 0 radical (unpaired) electrons. The zero-order valence-electron chi connectivity index (χ0n) is 10.8. The van der Waals surface area contributed by atoms with Crippen LogP contribution in [-0.2, 0) is 19.9 Å². The normalized spacial score (nSPS) is 22.5. The van der Waals surface area contributed by atoms with Gasteiger partial charge < -0.3 is 0 Å². The molecule has 0 aliphatic carbocycles. The van der Waals surface area contributed by atoms with Gasteiger partial charge in [0.15, 0.2) is 9.84 Å². The van der Waals surface area contributed by atoms with Gasteiger partial charge in [0.1, 0.15) is 4.90 Å². The lowest BCUT2D eigenvalue weighted by Gasteiger charge is -2.33. The summed E-state index contributed by atoms with van der Waals surface area (Å²) >= 11 is 0. The van der Waals surface area contributed by atoms with E-state index in [9.17, 15) is 16.8 Å². The van der Waals surface area contributed by atoms with E-state index >= 15 is 0 Å². The Labute approximate surface area is 113 Å². The maximum absolute atomic E-state index is 11.8. The number of H-pyrrole nitrogens is 1. The Bertz CT molecular complexity index is 663. The topological polar surface area (TPSA) is 100 Å². The Morgan fingerprint density at radius 1 is 1.26 bits per heavy atom. The van der Waals surface area contributed by atoms with E-state index in [0.717, 1.165) is 25.4 Å². The summed E-state index contributed by atoms with van der Waals surface area (Å²) in [5.74, 6) is 0. The molecule has 19 heavy (non-hydrogen) atoms. The summed E-state index contributed by atoms with van der Waals surface area (Å²) in [6.07, 6.45) is 5.71. The van der Waals surface area contributed by atoms with Crippen LogP contribution in [0.15, 0.2) is 11.1 Å². The first-order chi connectivity index (χ1) is 8.71. The van der Waals surface area contributed by atoms with Gasteiger partial charge in [0.25, 0.3) is 0 Å². The smallest absolute Gasteiger partial charge is 0.211 e. The summed E-state index contributed by atoms with van der Waals surface area (Å²) in [4.78, 5) is 0.0769. The van der Waals surface area contributed by atoms with Crippen LogP contribution in [0.5, 0.6) is 0 Å². The van der Waals surface area contributed by atoms with E-state index < -0.39 is 25.9 Å². The number of nitrogens with zero attached hydrogens (tertiary/aromatic N) is 2. The minimum Gasteiger partial charge on any atom is -0.280 e. The van der Waals surface area contributed by atoms with Crippen LogP contribution in [-0.4, -0.2) is 50.4 Å². The van der Waals surface area contributed by atoms with Crippen LogP contribution < -0.4 is 0 Å². The molecule has 108 valence electrons. The fourth-order valence-electron chi connectivity index (χ4n) is 2.41. The van der Waals surface area contributed by atoms with Crippen LogP contribution >= 0.6 is 0 Å². The van der Waals surface area contributed by atoms with Gasteiger partial charge in [-0.05, 0) is 12.8 Å². The number of nitrogens with one attached hydrogen (secondary N) is 1. The lowest BCUT2D eigenvalue weighted by Crippen LogP contribution is -2.38. The van der Waals surface area contributed by atoms with Crippen molar-refractivity contribution in [3.8, 4) is 0 Å². The molecular formula is C10H17N3O4S2. The van der Waals surface area contributed by atoms with Crippen LogP contribution in [0.25, 0.3) is 0 Å². The molecule has 1 aliphatic heterocycles. The molecule has 9 heteroatoms. The van der Waals surface area contributed by atoms with E-state index in [1.54, 1.807) is 0 Å². The highest BCUT2D eigenvalue weighted by Crippen LogP contribution is 2.34. The van der Waals surface area contributed by atoms with E-state index in [4.69, 9.17) is 0 Å². The summed E-state index contributed by atoms with van der Waals surface area (Å²) < 4.78 is 48.3. The van der Waals surface area contributed by atoms with Crippen molar-refractivity contribution in [1.82, 2.24) is 14.5 Å². The number of hydrogen-bond donors (Lipinski definition) is 1. The first-order valence-corrected chi connectivity index (χ1v) is 9.65. The Morgan fingerprint density at radius 3 is 2.53 bits per heavy atom. The molecule has 1 aromatic heterocycles. The fourth-order valence-corrected chi connectivity index (χ4v) is 4.37. The molecule has 1 N–H and O–H groups in total. The largest absolute Gasteiger partial charge is 0.280 e. The highest BCUT2D eigenvalue weighted by Gasteiger charge is 2.34. The highest BCUT2D eigenvalue weighted by molar-refractivity contribution is 7.90. The zero-order chi connectivity index (χ0) is 14.3. The summed E-state index contributed by atoms with van der Waals surface area (Å²) in [6, 6.07) is -0.476. The van der Waals surface area contributed by atoms with Crippen molar-refractivity contribution in [2.45, 2.75) is 30.2 Å². The number of aromatic nitrogens is 2.